The molecule has 0 radical (unpaired) electrons. The maximum Gasteiger partial charge on any atom is 0.340 e. The van der Waals surface area contributed by atoms with Crippen LogP contribution >= 0.6 is 11.6 Å². The van der Waals surface area contributed by atoms with E-state index < -0.39 is 4.92 Å². The Bertz CT molecular complexity index is 1150. The Labute approximate surface area is 153 Å². The summed E-state index contributed by atoms with van der Waals surface area (Å²) in [5.74, 6) is 0.0536. The third-order valence-corrected chi connectivity index (χ3v) is 4.36. The quantitative estimate of drug-likeness (QED) is 0.381. The summed E-state index contributed by atoms with van der Waals surface area (Å²) >= 11 is 6.13. The van der Waals surface area contributed by atoms with E-state index in [0.717, 1.165) is 11.1 Å². The molecule has 0 fully saturated rings. The summed E-state index contributed by atoms with van der Waals surface area (Å²) in [6, 6.07) is 11.2. The molecule has 0 bridgehead atoms. The normalized spacial score (nSPS) is 11.2. The lowest BCUT2D eigenvalue weighted by atomic mass is 10.1. The second-order valence-corrected chi connectivity index (χ2v) is 6.39. The molecule has 130 valence electrons. The molecule has 0 aliphatic carbocycles. The molecule has 4 aromatic rings. The van der Waals surface area contributed by atoms with Gasteiger partial charge in [0.1, 0.15) is 17.0 Å². The van der Waals surface area contributed by atoms with Gasteiger partial charge in [-0.05, 0) is 26.0 Å². The van der Waals surface area contributed by atoms with Crippen molar-refractivity contribution in [1.82, 2.24) is 14.5 Å². The maximum atomic E-state index is 11.5. The van der Waals surface area contributed by atoms with Gasteiger partial charge in [0.2, 0.25) is 0 Å². The average molecular weight is 369 g/mol. The molecular formula is C18H13ClN4O3. The molecule has 0 aliphatic rings. The van der Waals surface area contributed by atoms with Crippen molar-refractivity contribution in [2.24, 2.45) is 0 Å². The molecule has 0 saturated heterocycles. The van der Waals surface area contributed by atoms with Crippen LogP contribution < -0.4 is 0 Å². The van der Waals surface area contributed by atoms with E-state index in [-0.39, 0.29) is 17.1 Å². The highest BCUT2D eigenvalue weighted by molar-refractivity contribution is 6.30. The van der Waals surface area contributed by atoms with Crippen LogP contribution in [-0.2, 0) is 0 Å². The van der Waals surface area contributed by atoms with Crippen molar-refractivity contribution < 1.29 is 9.45 Å². The van der Waals surface area contributed by atoms with Gasteiger partial charge in [0.05, 0.1) is 9.95 Å². The van der Waals surface area contributed by atoms with Crippen molar-refractivity contribution in [3.63, 3.8) is 0 Å². The van der Waals surface area contributed by atoms with Gasteiger partial charge in [0, 0.05) is 11.8 Å². The van der Waals surface area contributed by atoms with Gasteiger partial charge in [-0.25, -0.2) is 4.98 Å². The topological polar surface area (TPSA) is 86.5 Å². The predicted octanol–water partition coefficient (Wildman–Crippen LogP) is 4.83. The minimum Gasteiger partial charge on any atom is -0.347 e. The minimum atomic E-state index is -0.496. The van der Waals surface area contributed by atoms with Gasteiger partial charge in [0.25, 0.3) is 5.76 Å². The summed E-state index contributed by atoms with van der Waals surface area (Å²) in [7, 11) is 0. The van der Waals surface area contributed by atoms with Gasteiger partial charge in [-0.1, -0.05) is 46.6 Å². The number of nitrogens with zero attached hydrogens (tertiary/aromatic N) is 4. The number of imidazole rings is 1. The van der Waals surface area contributed by atoms with E-state index in [0.29, 0.717) is 22.1 Å². The molecule has 0 unspecified atom stereocenters. The summed E-state index contributed by atoms with van der Waals surface area (Å²) in [5.41, 5.74) is 3.54. The van der Waals surface area contributed by atoms with Crippen LogP contribution in [-0.4, -0.2) is 19.5 Å². The SMILES string of the molecule is Cc1ccc(-c2nc3ccc(Cl)cn3c2-c2onc(C)c2[N+](=O)[O-])cc1. The highest BCUT2D eigenvalue weighted by Gasteiger charge is 2.31. The summed E-state index contributed by atoms with van der Waals surface area (Å²) in [6.07, 6.45) is 1.65. The van der Waals surface area contributed by atoms with E-state index in [1.165, 1.54) is 6.92 Å². The summed E-state index contributed by atoms with van der Waals surface area (Å²) in [5, 5.41) is 15.8. The highest BCUT2D eigenvalue weighted by atomic mass is 35.5. The third-order valence-electron chi connectivity index (χ3n) is 4.14. The lowest BCUT2D eigenvalue weighted by Gasteiger charge is -2.03. The van der Waals surface area contributed by atoms with Crippen LogP contribution in [0.3, 0.4) is 0 Å². The van der Waals surface area contributed by atoms with Crippen molar-refractivity contribution >= 4 is 22.9 Å². The van der Waals surface area contributed by atoms with Crippen LogP contribution in [0.15, 0.2) is 47.1 Å². The first-order valence-electron chi connectivity index (χ1n) is 7.81. The van der Waals surface area contributed by atoms with E-state index in [1.54, 1.807) is 22.7 Å². The zero-order valence-electron chi connectivity index (χ0n) is 13.9. The Balaban J connectivity index is 2.09. The number of aryl methyl sites for hydroxylation is 2. The van der Waals surface area contributed by atoms with E-state index >= 15 is 0 Å². The Morgan fingerprint density at radius 2 is 1.88 bits per heavy atom. The first kappa shape index (κ1) is 16.3. The van der Waals surface area contributed by atoms with Crippen molar-refractivity contribution in [2.45, 2.75) is 13.8 Å². The Morgan fingerprint density at radius 3 is 2.58 bits per heavy atom. The van der Waals surface area contributed by atoms with Gasteiger partial charge in [-0.3, -0.25) is 14.5 Å². The lowest BCUT2D eigenvalue weighted by molar-refractivity contribution is -0.385. The number of rotatable bonds is 3. The first-order valence-corrected chi connectivity index (χ1v) is 8.19. The molecule has 8 heteroatoms. The zero-order chi connectivity index (χ0) is 18.4. The van der Waals surface area contributed by atoms with Gasteiger partial charge < -0.3 is 4.52 Å². The fourth-order valence-electron chi connectivity index (χ4n) is 2.88. The van der Waals surface area contributed by atoms with Crippen LogP contribution in [0.25, 0.3) is 28.4 Å². The number of hydrogen-bond acceptors (Lipinski definition) is 5. The maximum absolute atomic E-state index is 11.5. The fraction of sp³-hybridized carbons (Fsp3) is 0.111. The number of aromatic nitrogens is 3. The molecule has 0 atom stereocenters. The smallest absolute Gasteiger partial charge is 0.340 e. The fourth-order valence-corrected chi connectivity index (χ4v) is 3.04. The molecule has 3 heterocycles. The zero-order valence-corrected chi connectivity index (χ0v) is 14.7. The number of hydrogen-bond donors (Lipinski definition) is 0. The van der Waals surface area contributed by atoms with E-state index in [9.17, 15) is 10.1 Å². The molecule has 3 aromatic heterocycles. The van der Waals surface area contributed by atoms with Crippen LogP contribution in [0.4, 0.5) is 5.69 Å². The van der Waals surface area contributed by atoms with Crippen LogP contribution in [0.2, 0.25) is 5.02 Å². The van der Waals surface area contributed by atoms with Crippen molar-refractivity contribution in [3.05, 3.63) is 69.0 Å². The second kappa shape index (κ2) is 5.96. The molecule has 1 aromatic carbocycles. The third kappa shape index (κ3) is 2.53. The highest BCUT2D eigenvalue weighted by Crippen LogP contribution is 2.39. The molecule has 0 amide bonds. The van der Waals surface area contributed by atoms with Gasteiger partial charge >= 0.3 is 5.69 Å². The molecule has 7 nitrogen and oxygen atoms in total. The van der Waals surface area contributed by atoms with Crippen LogP contribution in [0, 0.1) is 24.0 Å². The lowest BCUT2D eigenvalue weighted by Crippen LogP contribution is -1.94. The standard InChI is InChI=1S/C18H13ClN4O3/c1-10-3-5-12(6-4-10)15-17(18-16(23(24)25)11(2)21-26-18)22-9-13(19)7-8-14(22)20-15/h3-9H,1-2H3. The van der Waals surface area contributed by atoms with Crippen molar-refractivity contribution in [3.8, 4) is 22.7 Å². The Hall–Kier alpha value is -3.19. The molecule has 4 rings (SSSR count). The molecular weight excluding hydrogens is 356 g/mol. The largest absolute Gasteiger partial charge is 0.347 e. The summed E-state index contributed by atoms with van der Waals surface area (Å²) in [6.45, 7) is 3.52. The number of fused-ring (bicyclic) bond motifs is 1. The molecule has 26 heavy (non-hydrogen) atoms. The van der Waals surface area contributed by atoms with E-state index in [1.807, 2.05) is 31.2 Å². The van der Waals surface area contributed by atoms with Crippen molar-refractivity contribution in [1.29, 1.82) is 0 Å². The van der Waals surface area contributed by atoms with E-state index in [4.69, 9.17) is 16.1 Å². The molecule has 0 saturated carbocycles. The molecule has 0 N–H and O–H groups in total. The number of nitro groups is 1. The average Bonchev–Trinajstić information content (AvgIpc) is 3.15. The minimum absolute atomic E-state index is 0.0536. The number of pyridine rings is 1. The predicted molar refractivity (Wildman–Crippen MR) is 97.3 cm³/mol. The summed E-state index contributed by atoms with van der Waals surface area (Å²) in [4.78, 5) is 15.7. The van der Waals surface area contributed by atoms with Gasteiger partial charge in [0.15, 0.2) is 5.69 Å². The van der Waals surface area contributed by atoms with E-state index in [2.05, 4.69) is 10.1 Å². The first-order chi connectivity index (χ1) is 12.5. The Kier molecular flexibility index (Phi) is 3.73. The number of halogens is 1. The van der Waals surface area contributed by atoms with Crippen LogP contribution in [0.5, 0.6) is 0 Å². The van der Waals surface area contributed by atoms with Crippen molar-refractivity contribution in [2.75, 3.05) is 0 Å². The molecule has 0 spiro atoms. The van der Waals surface area contributed by atoms with Gasteiger partial charge in [-0.2, -0.15) is 0 Å². The van der Waals surface area contributed by atoms with Gasteiger partial charge in [-0.15, -0.1) is 0 Å². The number of benzene rings is 1. The molecule has 0 aliphatic heterocycles. The van der Waals surface area contributed by atoms with Crippen LogP contribution in [0.1, 0.15) is 11.3 Å². The Morgan fingerprint density at radius 1 is 1.15 bits per heavy atom. The second-order valence-electron chi connectivity index (χ2n) is 5.95. The summed E-state index contributed by atoms with van der Waals surface area (Å²) < 4.78 is 7.02. The monoisotopic (exact) mass is 368 g/mol.